The summed E-state index contributed by atoms with van der Waals surface area (Å²) in [6.45, 7) is 2.21. The first kappa shape index (κ1) is 12.9. The van der Waals surface area contributed by atoms with E-state index in [1.807, 2.05) is 12.1 Å². The number of hydrogen-bond acceptors (Lipinski definition) is 4. The average Bonchev–Trinajstić information content (AvgIpc) is 3.21. The maximum atomic E-state index is 5.33. The summed E-state index contributed by atoms with van der Waals surface area (Å²) in [4.78, 5) is 0. The number of hydrogen-bond donors (Lipinski definition) is 1. The minimum atomic E-state index is 0.479. The first-order chi connectivity index (χ1) is 8.69. The molecule has 1 unspecified atom stereocenters. The first-order valence-corrected chi connectivity index (χ1v) is 6.26. The summed E-state index contributed by atoms with van der Waals surface area (Å²) in [5, 5.41) is 3.49. The second-order valence-electron chi connectivity index (χ2n) is 4.68. The van der Waals surface area contributed by atoms with Crippen molar-refractivity contribution in [1.82, 2.24) is 0 Å². The number of ether oxygens (including phenoxy) is 3. The molecule has 1 saturated carbocycles. The fraction of sp³-hybridized carbons (Fsp3) is 0.571. The average molecular weight is 251 g/mol. The van der Waals surface area contributed by atoms with Crippen LogP contribution < -0.4 is 19.5 Å². The van der Waals surface area contributed by atoms with Crippen LogP contribution in [0.3, 0.4) is 0 Å². The topological polar surface area (TPSA) is 39.7 Å². The van der Waals surface area contributed by atoms with Crippen molar-refractivity contribution >= 4 is 5.69 Å². The highest BCUT2D eigenvalue weighted by Crippen LogP contribution is 2.41. The van der Waals surface area contributed by atoms with Gasteiger partial charge in [-0.1, -0.05) is 0 Å². The van der Waals surface area contributed by atoms with E-state index < -0.39 is 0 Å². The smallest absolute Gasteiger partial charge is 0.203 e. The number of rotatable bonds is 6. The largest absolute Gasteiger partial charge is 0.493 e. The van der Waals surface area contributed by atoms with Gasteiger partial charge in [-0.05, 0) is 25.7 Å². The van der Waals surface area contributed by atoms with Crippen molar-refractivity contribution in [2.24, 2.45) is 5.92 Å². The highest BCUT2D eigenvalue weighted by molar-refractivity contribution is 5.62. The molecule has 0 radical (unpaired) electrons. The molecule has 1 aromatic carbocycles. The van der Waals surface area contributed by atoms with E-state index in [0.717, 1.165) is 11.6 Å². The molecule has 0 heterocycles. The van der Waals surface area contributed by atoms with Gasteiger partial charge in [0, 0.05) is 23.9 Å². The molecular formula is C14H21NO3. The molecule has 1 N–H and O–H groups in total. The van der Waals surface area contributed by atoms with Gasteiger partial charge >= 0.3 is 0 Å². The molecule has 100 valence electrons. The monoisotopic (exact) mass is 251 g/mol. The van der Waals surface area contributed by atoms with Crippen LogP contribution in [0.5, 0.6) is 17.2 Å². The van der Waals surface area contributed by atoms with E-state index in [2.05, 4.69) is 12.2 Å². The predicted molar refractivity (Wildman–Crippen MR) is 71.9 cm³/mol. The lowest BCUT2D eigenvalue weighted by Gasteiger charge is -2.18. The molecule has 1 atom stereocenters. The van der Waals surface area contributed by atoms with E-state index in [1.165, 1.54) is 12.8 Å². The fourth-order valence-electron chi connectivity index (χ4n) is 2.14. The van der Waals surface area contributed by atoms with Crippen LogP contribution in [0.2, 0.25) is 0 Å². The minimum absolute atomic E-state index is 0.479. The third kappa shape index (κ3) is 2.63. The summed E-state index contributed by atoms with van der Waals surface area (Å²) in [7, 11) is 4.87. The maximum absolute atomic E-state index is 5.33. The van der Waals surface area contributed by atoms with Gasteiger partial charge in [0.2, 0.25) is 5.75 Å². The van der Waals surface area contributed by atoms with Gasteiger partial charge in [-0.15, -0.1) is 0 Å². The number of nitrogens with one attached hydrogen (secondary N) is 1. The molecule has 0 aromatic heterocycles. The number of benzene rings is 1. The normalized spacial score (nSPS) is 16.0. The second kappa shape index (κ2) is 5.38. The molecule has 4 heteroatoms. The quantitative estimate of drug-likeness (QED) is 0.844. The second-order valence-corrected chi connectivity index (χ2v) is 4.68. The zero-order chi connectivity index (χ0) is 13.1. The van der Waals surface area contributed by atoms with Crippen LogP contribution in [0, 0.1) is 5.92 Å². The highest BCUT2D eigenvalue weighted by atomic mass is 16.5. The summed E-state index contributed by atoms with van der Waals surface area (Å²) >= 11 is 0. The summed E-state index contributed by atoms with van der Waals surface area (Å²) in [5.74, 6) is 2.79. The van der Waals surface area contributed by atoms with Crippen LogP contribution in [-0.4, -0.2) is 27.4 Å². The Morgan fingerprint density at radius 1 is 1.06 bits per heavy atom. The van der Waals surface area contributed by atoms with Gasteiger partial charge in [-0.25, -0.2) is 0 Å². The van der Waals surface area contributed by atoms with E-state index in [0.29, 0.717) is 23.3 Å². The summed E-state index contributed by atoms with van der Waals surface area (Å²) in [5.41, 5.74) is 1.00. The van der Waals surface area contributed by atoms with Crippen molar-refractivity contribution < 1.29 is 14.2 Å². The van der Waals surface area contributed by atoms with Crippen LogP contribution in [0.1, 0.15) is 19.8 Å². The van der Waals surface area contributed by atoms with Gasteiger partial charge in [0.05, 0.1) is 21.3 Å². The lowest BCUT2D eigenvalue weighted by molar-refractivity contribution is 0.324. The number of methoxy groups -OCH3 is 3. The van der Waals surface area contributed by atoms with Crippen LogP contribution in [0.25, 0.3) is 0 Å². The Morgan fingerprint density at radius 3 is 2.00 bits per heavy atom. The van der Waals surface area contributed by atoms with E-state index in [9.17, 15) is 0 Å². The zero-order valence-corrected chi connectivity index (χ0v) is 11.4. The van der Waals surface area contributed by atoms with Gasteiger partial charge in [0.1, 0.15) is 0 Å². The Labute approximate surface area is 108 Å². The maximum Gasteiger partial charge on any atom is 0.203 e. The van der Waals surface area contributed by atoms with Gasteiger partial charge in [-0.3, -0.25) is 0 Å². The van der Waals surface area contributed by atoms with Crippen LogP contribution in [0.4, 0.5) is 5.69 Å². The van der Waals surface area contributed by atoms with Crippen molar-refractivity contribution in [3.05, 3.63) is 12.1 Å². The van der Waals surface area contributed by atoms with Gasteiger partial charge in [0.15, 0.2) is 11.5 Å². The van der Waals surface area contributed by atoms with E-state index in [1.54, 1.807) is 21.3 Å². The minimum Gasteiger partial charge on any atom is -0.493 e. The Bertz CT molecular complexity index is 390. The van der Waals surface area contributed by atoms with Crippen LogP contribution >= 0.6 is 0 Å². The molecule has 0 bridgehead atoms. The summed E-state index contributed by atoms with van der Waals surface area (Å²) < 4.78 is 16.0. The molecule has 1 aromatic rings. The molecule has 1 aliphatic carbocycles. The van der Waals surface area contributed by atoms with Crippen molar-refractivity contribution in [3.8, 4) is 17.2 Å². The lowest BCUT2D eigenvalue weighted by Crippen LogP contribution is -2.17. The Morgan fingerprint density at radius 2 is 1.61 bits per heavy atom. The molecule has 1 fully saturated rings. The van der Waals surface area contributed by atoms with Crippen molar-refractivity contribution in [2.75, 3.05) is 26.6 Å². The molecule has 2 rings (SSSR count). The van der Waals surface area contributed by atoms with Gasteiger partial charge in [-0.2, -0.15) is 0 Å². The number of anilines is 1. The molecule has 0 spiro atoms. The lowest BCUT2D eigenvalue weighted by atomic mass is 10.2. The standard InChI is InChI=1S/C14H21NO3/c1-9(10-5-6-10)15-11-7-12(16-2)14(18-4)13(8-11)17-3/h7-10,15H,5-6H2,1-4H3. The molecule has 0 amide bonds. The molecule has 0 aliphatic heterocycles. The first-order valence-electron chi connectivity index (χ1n) is 6.26. The van der Waals surface area contributed by atoms with E-state index in [4.69, 9.17) is 14.2 Å². The van der Waals surface area contributed by atoms with Crippen molar-refractivity contribution in [3.63, 3.8) is 0 Å². The predicted octanol–water partition coefficient (Wildman–Crippen LogP) is 2.92. The third-order valence-electron chi connectivity index (χ3n) is 3.39. The SMILES string of the molecule is COc1cc(NC(C)C2CC2)cc(OC)c1OC. The van der Waals surface area contributed by atoms with Crippen molar-refractivity contribution in [1.29, 1.82) is 0 Å². The molecule has 1 aliphatic rings. The molecule has 0 saturated heterocycles. The fourth-order valence-corrected chi connectivity index (χ4v) is 2.14. The zero-order valence-electron chi connectivity index (χ0n) is 11.4. The Hall–Kier alpha value is -1.58. The Balaban J connectivity index is 2.24. The highest BCUT2D eigenvalue weighted by Gasteiger charge is 2.28. The van der Waals surface area contributed by atoms with Crippen LogP contribution in [0.15, 0.2) is 12.1 Å². The van der Waals surface area contributed by atoms with E-state index >= 15 is 0 Å². The van der Waals surface area contributed by atoms with Crippen molar-refractivity contribution in [2.45, 2.75) is 25.8 Å². The van der Waals surface area contributed by atoms with Gasteiger partial charge in [0.25, 0.3) is 0 Å². The van der Waals surface area contributed by atoms with E-state index in [-0.39, 0.29) is 0 Å². The molecule has 4 nitrogen and oxygen atoms in total. The van der Waals surface area contributed by atoms with Gasteiger partial charge < -0.3 is 19.5 Å². The third-order valence-corrected chi connectivity index (χ3v) is 3.39. The summed E-state index contributed by atoms with van der Waals surface area (Å²) in [6, 6.07) is 4.37. The molecular weight excluding hydrogens is 230 g/mol. The summed E-state index contributed by atoms with van der Waals surface area (Å²) in [6.07, 6.45) is 2.64. The Kier molecular flexibility index (Phi) is 3.84. The van der Waals surface area contributed by atoms with Crippen LogP contribution in [-0.2, 0) is 0 Å². The molecule has 18 heavy (non-hydrogen) atoms.